The summed E-state index contributed by atoms with van der Waals surface area (Å²) in [7, 11) is 1.50. The smallest absolute Gasteiger partial charge is 0.168 e. The Labute approximate surface area is 189 Å². The Kier molecular flexibility index (Phi) is 18.7. The Morgan fingerprint density at radius 2 is 0.885 bits per heavy atom. The summed E-state index contributed by atoms with van der Waals surface area (Å²) in [4.78, 5) is 0. The molecule has 4 rings (SSSR count). The largest absolute Gasteiger partial charge is 2.00 e. The van der Waals surface area contributed by atoms with Gasteiger partial charge in [0.15, 0.2) is 0 Å². The van der Waals surface area contributed by atoms with Crippen LogP contribution in [0.15, 0.2) is 84.9 Å². The van der Waals surface area contributed by atoms with Crippen molar-refractivity contribution in [1.82, 2.24) is 0 Å². The molecule has 0 atom stereocenters. The van der Waals surface area contributed by atoms with Crippen LogP contribution in [-0.2, 0) is 26.2 Å². The fourth-order valence-corrected chi connectivity index (χ4v) is 2.14. The molecule has 136 valence electrons. The third-order valence-corrected chi connectivity index (χ3v) is 3.10. The van der Waals surface area contributed by atoms with Crippen LogP contribution in [0.4, 0.5) is 0 Å². The zero-order chi connectivity index (χ0) is 17.6. The van der Waals surface area contributed by atoms with Crippen molar-refractivity contribution in [2.24, 2.45) is 0 Å². The van der Waals surface area contributed by atoms with Crippen molar-refractivity contribution in [3.8, 4) is 0 Å². The van der Waals surface area contributed by atoms with E-state index in [1.54, 1.807) is 0 Å². The second-order valence-corrected chi connectivity index (χ2v) is 7.77. The minimum absolute atomic E-state index is 0. The number of rotatable bonds is 0. The molecular weight excluding hydrogens is 447 g/mol. The van der Waals surface area contributed by atoms with Crippen LogP contribution in [0.5, 0.6) is 0 Å². The Hall–Kier alpha value is -0.733. The van der Waals surface area contributed by atoms with E-state index < -0.39 is 0 Å². The minimum Gasteiger partial charge on any atom is -0.168 e. The summed E-state index contributed by atoms with van der Waals surface area (Å²) in [5, 5.41) is 5.32. The van der Waals surface area contributed by atoms with Gasteiger partial charge in [0, 0.05) is 19.0 Å². The maximum atomic E-state index is 2.21. The van der Waals surface area contributed by atoms with Gasteiger partial charge in [-0.3, -0.25) is 0 Å². The Balaban J connectivity index is 0. The van der Waals surface area contributed by atoms with Crippen molar-refractivity contribution < 1.29 is 26.2 Å². The first-order valence-electron chi connectivity index (χ1n) is 8.45. The molecule has 0 heterocycles. The van der Waals surface area contributed by atoms with Gasteiger partial charge in [0.1, 0.15) is 0 Å². The summed E-state index contributed by atoms with van der Waals surface area (Å²) in [5.41, 5.74) is 0. The van der Waals surface area contributed by atoms with E-state index >= 15 is 0 Å². The molecule has 0 spiro atoms. The second-order valence-electron chi connectivity index (χ2n) is 5.46. The van der Waals surface area contributed by atoms with Gasteiger partial charge >= 0.3 is 26.2 Å². The maximum absolute atomic E-state index is 2.21. The Bertz CT molecular complexity index is 664. The molecule has 4 aromatic carbocycles. The molecule has 0 unspecified atom stereocenters. The number of benzene rings is 2. The zero-order valence-corrected chi connectivity index (χ0v) is 21.7. The Morgan fingerprint density at radius 3 is 1.19 bits per heavy atom. The van der Waals surface area contributed by atoms with E-state index in [1.807, 2.05) is 0 Å². The number of hydrogen-bond acceptors (Lipinski definition) is 0. The average Bonchev–Trinajstić information content (AvgIpc) is 3.26. The number of fused-ring (bicyclic) bond motifs is 2. The molecule has 0 saturated heterocycles. The first-order chi connectivity index (χ1) is 11.8. The summed E-state index contributed by atoms with van der Waals surface area (Å²) in [6, 6.07) is 29.3. The molecule has 0 amide bonds. The monoisotopic (exact) mass is 474 g/mol. The second kappa shape index (κ2) is 17.7. The van der Waals surface area contributed by atoms with Crippen molar-refractivity contribution in [3.63, 3.8) is 0 Å². The molecule has 2 radical (unpaired) electrons. The molecule has 4 heteroatoms. The quantitative estimate of drug-likeness (QED) is 0.199. The number of halogens is 1. The molecule has 0 aliphatic carbocycles. The van der Waals surface area contributed by atoms with Crippen LogP contribution >= 0.6 is 12.4 Å². The summed E-state index contributed by atoms with van der Waals surface area (Å²) in [5.74, 6) is 0. The van der Waals surface area contributed by atoms with E-state index in [0.717, 1.165) is 19.0 Å². The van der Waals surface area contributed by atoms with Crippen LogP contribution in [0.2, 0.25) is 26.2 Å². The van der Waals surface area contributed by atoms with Crippen molar-refractivity contribution in [1.29, 1.82) is 0 Å². The first kappa shape index (κ1) is 27.5. The van der Waals surface area contributed by atoms with Crippen molar-refractivity contribution >= 4 is 53.0 Å². The first-order valence-corrected chi connectivity index (χ1v) is 13.1. The van der Waals surface area contributed by atoms with E-state index in [1.165, 1.54) is 21.5 Å². The summed E-state index contributed by atoms with van der Waals surface area (Å²) >= 11 is 0. The van der Waals surface area contributed by atoms with Gasteiger partial charge in [0.25, 0.3) is 0 Å². The van der Waals surface area contributed by atoms with E-state index in [4.69, 9.17) is 0 Å². The Morgan fingerprint density at radius 1 is 0.577 bits per heavy atom. The zero-order valence-electron chi connectivity index (χ0n) is 16.1. The van der Waals surface area contributed by atoms with Crippen molar-refractivity contribution in [3.05, 3.63) is 84.9 Å². The van der Waals surface area contributed by atoms with E-state index in [9.17, 15) is 0 Å². The van der Waals surface area contributed by atoms with Crippen LogP contribution in [-0.4, -0.2) is 19.0 Å². The third-order valence-electron chi connectivity index (χ3n) is 3.10. The molecule has 0 fully saturated rings. The third kappa shape index (κ3) is 10.4. The fourth-order valence-electron chi connectivity index (χ4n) is 2.14. The standard InChI is InChI=1S/2C9H7.2C2H7Si.ClH.Zr/c2*1-2-5-9-7-3-6-8(9)4-1;2*1-3-2;;/h2*1-7H;2*3H,1-2H3;1H;/q2*-1;;;;+2. The molecule has 0 aliphatic heterocycles. The van der Waals surface area contributed by atoms with Gasteiger partial charge in [-0.15, -0.1) is 71.7 Å². The minimum atomic E-state index is 0. The SMILES string of the molecule is C[SiH]C.C[SiH]C.Cl.[Zr+2].c1ccc2[cH-]ccc2c1.c1ccc2[cH-]ccc2c1. The summed E-state index contributed by atoms with van der Waals surface area (Å²) in [6.45, 7) is 8.83. The molecule has 0 nitrogen and oxygen atoms in total. The van der Waals surface area contributed by atoms with Gasteiger partial charge in [-0.1, -0.05) is 38.3 Å². The molecule has 4 aromatic rings. The molecule has 0 N–H and O–H groups in total. The topological polar surface area (TPSA) is 0 Å². The van der Waals surface area contributed by atoms with Crippen LogP contribution < -0.4 is 0 Å². The van der Waals surface area contributed by atoms with E-state index in [0.29, 0.717) is 0 Å². The average molecular weight is 476 g/mol. The predicted molar refractivity (Wildman–Crippen MR) is 124 cm³/mol. The molecule has 26 heavy (non-hydrogen) atoms. The van der Waals surface area contributed by atoms with Crippen LogP contribution in [0.25, 0.3) is 21.5 Å². The van der Waals surface area contributed by atoms with Gasteiger partial charge in [-0.2, -0.15) is 35.0 Å². The van der Waals surface area contributed by atoms with Crippen LogP contribution in [0.3, 0.4) is 0 Å². The van der Waals surface area contributed by atoms with Crippen LogP contribution in [0, 0.1) is 0 Å². The normalized spacial score (nSPS) is 8.46. The van der Waals surface area contributed by atoms with Gasteiger partial charge in [0.05, 0.1) is 0 Å². The fraction of sp³-hybridized carbons (Fsp3) is 0.182. The summed E-state index contributed by atoms with van der Waals surface area (Å²) in [6.07, 6.45) is 0. The molecule has 0 aliphatic rings. The van der Waals surface area contributed by atoms with Gasteiger partial charge in [-0.05, 0) is 0 Å². The van der Waals surface area contributed by atoms with E-state index in [-0.39, 0.29) is 38.6 Å². The molecule has 0 aromatic heterocycles. The predicted octanol–water partition coefficient (Wildman–Crippen LogP) is 6.57. The van der Waals surface area contributed by atoms with E-state index in [2.05, 4.69) is 111 Å². The molecular formula is C22H29ClSi2Zr. The van der Waals surface area contributed by atoms with Gasteiger partial charge < -0.3 is 0 Å². The number of hydrogen-bond donors (Lipinski definition) is 0. The molecule has 0 bridgehead atoms. The van der Waals surface area contributed by atoms with Gasteiger partial charge in [0.2, 0.25) is 0 Å². The van der Waals surface area contributed by atoms with Crippen molar-refractivity contribution in [2.75, 3.05) is 0 Å². The van der Waals surface area contributed by atoms with Gasteiger partial charge in [-0.25, -0.2) is 0 Å². The van der Waals surface area contributed by atoms with Crippen LogP contribution in [0.1, 0.15) is 0 Å². The van der Waals surface area contributed by atoms with Crippen molar-refractivity contribution in [2.45, 2.75) is 26.2 Å². The maximum Gasteiger partial charge on any atom is 2.00 e. The summed E-state index contributed by atoms with van der Waals surface area (Å²) < 4.78 is 0. The molecule has 0 saturated carbocycles.